The highest BCUT2D eigenvalue weighted by Gasteiger charge is 2.12. The molecule has 1 fully saturated rings. The minimum absolute atomic E-state index is 0.326. The maximum absolute atomic E-state index is 9.77. The quantitative estimate of drug-likeness (QED) is 0.889. The third-order valence-corrected chi connectivity index (χ3v) is 3.71. The van der Waals surface area contributed by atoms with Gasteiger partial charge in [0, 0.05) is 30.2 Å². The third-order valence-electron chi connectivity index (χ3n) is 3.48. The van der Waals surface area contributed by atoms with Gasteiger partial charge in [-0.25, -0.2) is 0 Å². The average Bonchev–Trinajstić information content (AvgIpc) is 2.84. The summed E-state index contributed by atoms with van der Waals surface area (Å²) in [6.07, 6.45) is 2.66. The number of hydrogen-bond donors (Lipinski definition) is 1. The van der Waals surface area contributed by atoms with Crippen molar-refractivity contribution in [2.45, 2.75) is 19.4 Å². The molecule has 0 spiro atoms. The topological polar surface area (TPSA) is 26.7 Å². The summed E-state index contributed by atoms with van der Waals surface area (Å²) in [6.45, 7) is 5.33. The first kappa shape index (κ1) is 13.7. The Morgan fingerprint density at radius 3 is 2.78 bits per heavy atom. The molecule has 3 nitrogen and oxygen atoms in total. The second kappa shape index (κ2) is 6.41. The molecule has 4 heteroatoms. The van der Waals surface area contributed by atoms with E-state index in [2.05, 4.69) is 16.8 Å². The normalized spacial score (nSPS) is 16.6. The van der Waals surface area contributed by atoms with Crippen molar-refractivity contribution in [3.63, 3.8) is 0 Å². The molecular formula is C14H21ClN2O. The predicted octanol–water partition coefficient (Wildman–Crippen LogP) is 2.57. The SMILES string of the molecule is CN(CCN1CCCC1)Cc1cc(Cl)ccc1O. The van der Waals surface area contributed by atoms with Gasteiger partial charge in [-0.05, 0) is 51.2 Å². The van der Waals surface area contributed by atoms with E-state index >= 15 is 0 Å². The molecule has 1 aliphatic heterocycles. The molecule has 1 N–H and O–H groups in total. The molecule has 0 bridgehead atoms. The fourth-order valence-electron chi connectivity index (χ4n) is 2.37. The summed E-state index contributed by atoms with van der Waals surface area (Å²) in [6, 6.07) is 5.21. The lowest BCUT2D eigenvalue weighted by atomic mass is 10.2. The lowest BCUT2D eigenvalue weighted by Gasteiger charge is -2.21. The molecular weight excluding hydrogens is 248 g/mol. The highest BCUT2D eigenvalue weighted by molar-refractivity contribution is 6.30. The number of benzene rings is 1. The number of aromatic hydroxyl groups is 1. The van der Waals surface area contributed by atoms with Crippen LogP contribution in [-0.4, -0.2) is 48.1 Å². The third kappa shape index (κ3) is 3.87. The van der Waals surface area contributed by atoms with Gasteiger partial charge in [-0.1, -0.05) is 11.6 Å². The van der Waals surface area contributed by atoms with E-state index in [9.17, 15) is 5.11 Å². The van der Waals surface area contributed by atoms with Crippen LogP contribution in [0.5, 0.6) is 5.75 Å². The number of nitrogens with zero attached hydrogens (tertiary/aromatic N) is 2. The first-order chi connectivity index (χ1) is 8.65. The Morgan fingerprint density at radius 1 is 1.33 bits per heavy atom. The second-order valence-corrected chi connectivity index (χ2v) is 5.50. The zero-order chi connectivity index (χ0) is 13.0. The summed E-state index contributed by atoms with van der Waals surface area (Å²) >= 11 is 5.94. The molecule has 1 aliphatic rings. The largest absolute Gasteiger partial charge is 0.508 e. The minimum Gasteiger partial charge on any atom is -0.508 e. The van der Waals surface area contributed by atoms with E-state index in [0.29, 0.717) is 10.8 Å². The van der Waals surface area contributed by atoms with Crippen LogP contribution in [0.25, 0.3) is 0 Å². The summed E-state index contributed by atoms with van der Waals surface area (Å²) in [5.41, 5.74) is 0.895. The Kier molecular flexibility index (Phi) is 4.87. The van der Waals surface area contributed by atoms with Crippen molar-refractivity contribution in [1.29, 1.82) is 0 Å². The predicted molar refractivity (Wildman–Crippen MR) is 75.1 cm³/mol. The van der Waals surface area contributed by atoms with Gasteiger partial charge in [0.15, 0.2) is 0 Å². The van der Waals surface area contributed by atoms with Crippen molar-refractivity contribution in [1.82, 2.24) is 9.80 Å². The Balaban J connectivity index is 1.82. The summed E-state index contributed by atoms with van der Waals surface area (Å²) in [7, 11) is 2.08. The minimum atomic E-state index is 0.326. The molecule has 0 amide bonds. The molecule has 2 rings (SSSR count). The van der Waals surface area contributed by atoms with Gasteiger partial charge in [-0.15, -0.1) is 0 Å². The van der Waals surface area contributed by atoms with Gasteiger partial charge in [0.05, 0.1) is 0 Å². The number of rotatable bonds is 5. The van der Waals surface area contributed by atoms with Crippen LogP contribution in [0.4, 0.5) is 0 Å². The van der Waals surface area contributed by atoms with Crippen molar-refractivity contribution in [3.8, 4) is 5.75 Å². The molecule has 100 valence electrons. The molecule has 0 unspecified atom stereocenters. The first-order valence-electron chi connectivity index (χ1n) is 6.53. The molecule has 1 saturated heterocycles. The summed E-state index contributed by atoms with van der Waals surface area (Å²) in [5, 5.41) is 10.4. The maximum atomic E-state index is 9.77. The molecule has 1 aromatic carbocycles. The van der Waals surface area contributed by atoms with Crippen molar-refractivity contribution in [3.05, 3.63) is 28.8 Å². The maximum Gasteiger partial charge on any atom is 0.120 e. The van der Waals surface area contributed by atoms with Crippen LogP contribution in [0, 0.1) is 0 Å². The van der Waals surface area contributed by atoms with E-state index < -0.39 is 0 Å². The van der Waals surface area contributed by atoms with Gasteiger partial charge in [0.2, 0.25) is 0 Å². The van der Waals surface area contributed by atoms with Crippen LogP contribution >= 0.6 is 11.6 Å². The van der Waals surface area contributed by atoms with E-state index in [0.717, 1.165) is 25.2 Å². The van der Waals surface area contributed by atoms with E-state index in [1.165, 1.54) is 25.9 Å². The van der Waals surface area contributed by atoms with E-state index in [4.69, 9.17) is 11.6 Å². The highest BCUT2D eigenvalue weighted by atomic mass is 35.5. The Hall–Kier alpha value is -0.770. The monoisotopic (exact) mass is 268 g/mol. The first-order valence-corrected chi connectivity index (χ1v) is 6.91. The molecule has 0 atom stereocenters. The Bertz CT molecular complexity index is 391. The fourth-order valence-corrected chi connectivity index (χ4v) is 2.56. The van der Waals surface area contributed by atoms with Crippen LogP contribution in [0.15, 0.2) is 18.2 Å². The van der Waals surface area contributed by atoms with Gasteiger partial charge in [-0.2, -0.15) is 0 Å². The van der Waals surface area contributed by atoms with Crippen LogP contribution in [0.1, 0.15) is 18.4 Å². The second-order valence-electron chi connectivity index (χ2n) is 5.06. The fraction of sp³-hybridized carbons (Fsp3) is 0.571. The summed E-state index contributed by atoms with van der Waals surface area (Å²) < 4.78 is 0. The smallest absolute Gasteiger partial charge is 0.120 e. The van der Waals surface area contributed by atoms with Gasteiger partial charge in [0.1, 0.15) is 5.75 Å². The van der Waals surface area contributed by atoms with Crippen molar-refractivity contribution < 1.29 is 5.11 Å². The molecule has 18 heavy (non-hydrogen) atoms. The van der Waals surface area contributed by atoms with Crippen LogP contribution in [-0.2, 0) is 6.54 Å². The van der Waals surface area contributed by atoms with Crippen molar-refractivity contribution >= 4 is 11.6 Å². The van der Waals surface area contributed by atoms with Crippen LogP contribution < -0.4 is 0 Å². The van der Waals surface area contributed by atoms with Crippen molar-refractivity contribution in [2.24, 2.45) is 0 Å². The summed E-state index contributed by atoms with van der Waals surface area (Å²) in [4.78, 5) is 4.72. The van der Waals surface area contributed by atoms with Gasteiger partial charge < -0.3 is 14.9 Å². The molecule has 0 aromatic heterocycles. The molecule has 0 aliphatic carbocycles. The number of likely N-dealkylation sites (N-methyl/N-ethyl adjacent to an activating group) is 1. The number of phenolic OH excluding ortho intramolecular Hbond substituents is 1. The van der Waals surface area contributed by atoms with Gasteiger partial charge >= 0.3 is 0 Å². The number of hydrogen-bond acceptors (Lipinski definition) is 3. The lowest BCUT2D eigenvalue weighted by molar-refractivity contribution is 0.250. The molecule has 1 heterocycles. The molecule has 1 aromatic rings. The molecule has 0 saturated carbocycles. The zero-order valence-electron chi connectivity index (χ0n) is 10.9. The van der Waals surface area contributed by atoms with Crippen LogP contribution in [0.2, 0.25) is 5.02 Å². The number of halogens is 1. The van der Waals surface area contributed by atoms with E-state index in [1.54, 1.807) is 12.1 Å². The Labute approximate surface area is 114 Å². The lowest BCUT2D eigenvalue weighted by Crippen LogP contribution is -2.31. The number of phenols is 1. The van der Waals surface area contributed by atoms with Gasteiger partial charge in [0.25, 0.3) is 0 Å². The van der Waals surface area contributed by atoms with E-state index in [-0.39, 0.29) is 0 Å². The standard InChI is InChI=1S/C14H21ClN2O/c1-16(8-9-17-6-2-3-7-17)11-12-10-13(15)4-5-14(12)18/h4-5,10,18H,2-3,6-9,11H2,1H3. The van der Waals surface area contributed by atoms with Crippen molar-refractivity contribution in [2.75, 3.05) is 33.2 Å². The van der Waals surface area contributed by atoms with Crippen LogP contribution in [0.3, 0.4) is 0 Å². The number of likely N-dealkylation sites (tertiary alicyclic amines) is 1. The zero-order valence-corrected chi connectivity index (χ0v) is 11.7. The average molecular weight is 269 g/mol. The van der Waals surface area contributed by atoms with Gasteiger partial charge in [-0.3, -0.25) is 0 Å². The Morgan fingerprint density at radius 2 is 2.06 bits per heavy atom. The highest BCUT2D eigenvalue weighted by Crippen LogP contribution is 2.22. The molecule has 0 radical (unpaired) electrons. The van der Waals surface area contributed by atoms with E-state index in [1.807, 2.05) is 6.07 Å². The summed E-state index contributed by atoms with van der Waals surface area (Å²) in [5.74, 6) is 0.326.